The molecule has 5 rings (SSSR count). The van der Waals surface area contributed by atoms with E-state index in [1.807, 2.05) is 42.5 Å². The molecule has 5 nitrogen and oxygen atoms in total. The number of fused-ring (bicyclic) bond motifs is 2. The van der Waals surface area contributed by atoms with E-state index in [9.17, 15) is 9.90 Å². The van der Waals surface area contributed by atoms with Crippen molar-refractivity contribution in [1.29, 1.82) is 0 Å². The van der Waals surface area contributed by atoms with Gasteiger partial charge >= 0.3 is 0 Å². The molecule has 3 heterocycles. The third kappa shape index (κ3) is 4.02. The van der Waals surface area contributed by atoms with Crippen LogP contribution >= 0.6 is 11.8 Å². The molecule has 0 aliphatic carbocycles. The second kappa shape index (κ2) is 8.71. The Hall–Kier alpha value is -1.86. The van der Waals surface area contributed by atoms with Crippen molar-refractivity contribution >= 4 is 23.4 Å². The molecular weight excluding hydrogens is 394 g/mol. The second-order valence-corrected chi connectivity index (χ2v) is 9.63. The fraction of sp³-hybridized carbons (Fsp3) is 0.458. The van der Waals surface area contributed by atoms with Gasteiger partial charge < -0.3 is 15.3 Å². The van der Waals surface area contributed by atoms with E-state index in [1.54, 1.807) is 11.8 Å². The summed E-state index contributed by atoms with van der Waals surface area (Å²) >= 11 is 1.60. The van der Waals surface area contributed by atoms with Gasteiger partial charge in [0.25, 0.3) is 5.91 Å². The van der Waals surface area contributed by atoms with E-state index in [1.165, 1.54) is 32.4 Å². The van der Waals surface area contributed by atoms with Crippen LogP contribution < -0.4 is 5.32 Å². The van der Waals surface area contributed by atoms with Crippen LogP contribution in [0.2, 0.25) is 0 Å². The topological polar surface area (TPSA) is 55.8 Å². The van der Waals surface area contributed by atoms with Crippen molar-refractivity contribution in [3.8, 4) is 0 Å². The smallest absolute Gasteiger partial charge is 0.256 e. The molecule has 3 aliphatic heterocycles. The Kier molecular flexibility index (Phi) is 5.83. The number of nitrogens with zero attached hydrogens (tertiary/aromatic N) is 2. The fourth-order valence-corrected chi connectivity index (χ4v) is 5.95. The fourth-order valence-electron chi connectivity index (χ4n) is 4.94. The van der Waals surface area contributed by atoms with E-state index in [0.29, 0.717) is 11.6 Å². The first-order valence-corrected chi connectivity index (χ1v) is 11.9. The van der Waals surface area contributed by atoms with E-state index < -0.39 is 6.23 Å². The van der Waals surface area contributed by atoms with Gasteiger partial charge in [-0.3, -0.25) is 9.69 Å². The molecule has 1 atom stereocenters. The average molecular weight is 424 g/mol. The van der Waals surface area contributed by atoms with Crippen molar-refractivity contribution in [1.82, 2.24) is 9.80 Å². The Balaban J connectivity index is 1.28. The number of benzene rings is 2. The third-order valence-electron chi connectivity index (χ3n) is 6.65. The maximum Gasteiger partial charge on any atom is 0.256 e. The maximum absolute atomic E-state index is 12.6. The number of hydrogen-bond donors (Lipinski definition) is 2. The first-order valence-electron chi connectivity index (χ1n) is 11.1. The summed E-state index contributed by atoms with van der Waals surface area (Å²) in [5.74, 6) is -0.0918. The summed E-state index contributed by atoms with van der Waals surface area (Å²) in [6.45, 7) is 4.29. The summed E-state index contributed by atoms with van der Waals surface area (Å²) in [5, 5.41) is 14.1. The van der Waals surface area contributed by atoms with Crippen LogP contribution in [0.5, 0.6) is 0 Å². The summed E-state index contributed by atoms with van der Waals surface area (Å²) in [6, 6.07) is 14.3. The van der Waals surface area contributed by atoms with E-state index in [2.05, 4.69) is 15.1 Å². The zero-order chi connectivity index (χ0) is 20.5. The van der Waals surface area contributed by atoms with Gasteiger partial charge in [-0.1, -0.05) is 36.4 Å². The van der Waals surface area contributed by atoms with Crippen molar-refractivity contribution in [3.05, 3.63) is 53.6 Å². The lowest BCUT2D eigenvalue weighted by molar-refractivity contribution is -0.0282. The van der Waals surface area contributed by atoms with Crippen LogP contribution in [-0.4, -0.2) is 53.0 Å². The highest BCUT2D eigenvalue weighted by Crippen LogP contribution is 2.40. The molecule has 0 radical (unpaired) electrons. The van der Waals surface area contributed by atoms with E-state index in [-0.39, 0.29) is 5.91 Å². The SMILES string of the molecule is O=C1Nc2cc(C(O)N3CCC(N4CCCCC4)CC3)ccc2Sc2ccccc21. The molecule has 1 unspecified atom stereocenters. The predicted octanol–water partition coefficient (Wildman–Crippen LogP) is 4.34. The molecule has 30 heavy (non-hydrogen) atoms. The Morgan fingerprint density at radius 3 is 2.53 bits per heavy atom. The molecule has 158 valence electrons. The Labute approximate surface area is 182 Å². The van der Waals surface area contributed by atoms with Crippen molar-refractivity contribution < 1.29 is 9.90 Å². The number of aliphatic hydroxyl groups excluding tert-OH is 1. The Bertz CT molecular complexity index is 920. The molecule has 0 saturated carbocycles. The molecule has 1 amide bonds. The van der Waals surface area contributed by atoms with Gasteiger partial charge in [0.15, 0.2) is 0 Å². The van der Waals surface area contributed by atoms with Crippen LogP contribution in [0.4, 0.5) is 5.69 Å². The van der Waals surface area contributed by atoms with E-state index in [4.69, 9.17) is 0 Å². The number of nitrogens with one attached hydrogen (secondary N) is 1. The highest BCUT2D eigenvalue weighted by molar-refractivity contribution is 7.99. The molecule has 2 aromatic rings. The molecule has 2 aromatic carbocycles. The van der Waals surface area contributed by atoms with E-state index >= 15 is 0 Å². The van der Waals surface area contributed by atoms with Crippen molar-refractivity contribution in [2.24, 2.45) is 0 Å². The maximum atomic E-state index is 12.6. The van der Waals surface area contributed by atoms with E-state index in [0.717, 1.165) is 47.0 Å². The summed E-state index contributed by atoms with van der Waals surface area (Å²) in [7, 11) is 0. The minimum absolute atomic E-state index is 0.0918. The summed E-state index contributed by atoms with van der Waals surface area (Å²) in [6.07, 6.45) is 5.61. The standard InChI is InChI=1S/C24H29N3O2S/c28-23-19-6-2-3-7-21(19)30-22-9-8-17(16-20(22)25-23)24(29)27-14-10-18(11-15-27)26-12-4-1-5-13-26/h2-3,6-9,16,18,24,29H,1,4-5,10-15H2,(H,25,28). The van der Waals surface area contributed by atoms with Crippen LogP contribution in [-0.2, 0) is 0 Å². The molecule has 0 spiro atoms. The van der Waals surface area contributed by atoms with Gasteiger partial charge in [-0.25, -0.2) is 0 Å². The van der Waals surface area contributed by atoms with Gasteiger partial charge in [-0.05, 0) is 68.6 Å². The van der Waals surface area contributed by atoms with Gasteiger partial charge in [-0.2, -0.15) is 0 Å². The van der Waals surface area contributed by atoms with Crippen LogP contribution in [0.25, 0.3) is 0 Å². The van der Waals surface area contributed by atoms with Gasteiger partial charge in [0, 0.05) is 28.9 Å². The first kappa shape index (κ1) is 20.1. The summed E-state index contributed by atoms with van der Waals surface area (Å²) in [5.41, 5.74) is 2.32. The lowest BCUT2D eigenvalue weighted by atomic mass is 9.99. The van der Waals surface area contributed by atoms with Crippen LogP contribution in [0.1, 0.15) is 54.3 Å². The number of likely N-dealkylation sites (tertiary alicyclic amines) is 2. The normalized spacial score (nSPS) is 22.0. The van der Waals surface area contributed by atoms with Gasteiger partial charge in [0.1, 0.15) is 6.23 Å². The molecule has 3 aliphatic rings. The Morgan fingerprint density at radius 1 is 0.967 bits per heavy atom. The number of piperidine rings is 2. The van der Waals surface area contributed by atoms with Crippen molar-refractivity contribution in [2.45, 2.75) is 54.2 Å². The van der Waals surface area contributed by atoms with Crippen LogP contribution in [0.15, 0.2) is 52.3 Å². The lowest BCUT2D eigenvalue weighted by Gasteiger charge is -2.41. The highest BCUT2D eigenvalue weighted by atomic mass is 32.2. The summed E-state index contributed by atoms with van der Waals surface area (Å²) < 4.78 is 0. The minimum atomic E-state index is -0.634. The van der Waals surface area contributed by atoms with Gasteiger partial charge in [0.05, 0.1) is 11.3 Å². The third-order valence-corrected chi connectivity index (χ3v) is 7.81. The number of amides is 1. The quantitative estimate of drug-likeness (QED) is 0.769. The Morgan fingerprint density at radius 2 is 1.73 bits per heavy atom. The molecule has 2 fully saturated rings. The van der Waals surface area contributed by atoms with Gasteiger partial charge in [-0.15, -0.1) is 0 Å². The number of hydrogen-bond acceptors (Lipinski definition) is 5. The van der Waals surface area contributed by atoms with Gasteiger partial charge in [0.2, 0.25) is 0 Å². The minimum Gasteiger partial charge on any atom is -0.374 e. The summed E-state index contributed by atoms with van der Waals surface area (Å²) in [4.78, 5) is 19.4. The number of carbonyl (C=O) groups is 1. The molecule has 0 aromatic heterocycles. The largest absolute Gasteiger partial charge is 0.374 e. The lowest BCUT2D eigenvalue weighted by Crippen LogP contribution is -2.47. The zero-order valence-electron chi connectivity index (χ0n) is 17.2. The number of carbonyl (C=O) groups excluding carboxylic acids is 1. The molecule has 2 N–H and O–H groups in total. The van der Waals surface area contributed by atoms with Crippen molar-refractivity contribution in [2.75, 3.05) is 31.5 Å². The molecule has 2 saturated heterocycles. The molecule has 6 heteroatoms. The predicted molar refractivity (Wildman–Crippen MR) is 120 cm³/mol. The highest BCUT2D eigenvalue weighted by Gasteiger charge is 2.29. The zero-order valence-corrected chi connectivity index (χ0v) is 18.0. The van der Waals surface area contributed by atoms with Crippen LogP contribution in [0, 0.1) is 0 Å². The number of aliphatic hydroxyl groups is 1. The number of anilines is 1. The first-order chi connectivity index (χ1) is 14.7. The average Bonchev–Trinajstić information content (AvgIpc) is 2.94. The van der Waals surface area contributed by atoms with Crippen molar-refractivity contribution in [3.63, 3.8) is 0 Å². The molecule has 0 bridgehead atoms. The number of rotatable bonds is 3. The van der Waals surface area contributed by atoms with Crippen LogP contribution in [0.3, 0.4) is 0 Å². The monoisotopic (exact) mass is 423 g/mol. The second-order valence-electron chi connectivity index (χ2n) is 8.55. The molecular formula is C24H29N3O2S.